The molecule has 3 rings (SSSR count). The number of benzene rings is 1. The third-order valence-electron chi connectivity index (χ3n) is 4.02. The van der Waals surface area contributed by atoms with Gasteiger partial charge in [-0.2, -0.15) is 4.98 Å². The first-order valence-corrected chi connectivity index (χ1v) is 9.03. The molecule has 140 valence electrons. The largest absolute Gasteiger partial charge is 0.353 e. The summed E-state index contributed by atoms with van der Waals surface area (Å²) >= 11 is 0. The van der Waals surface area contributed by atoms with Crippen LogP contribution in [0.4, 0.5) is 17.5 Å². The van der Waals surface area contributed by atoms with Gasteiger partial charge in [-0.25, -0.2) is 4.98 Å². The molecule has 0 atom stereocenters. The summed E-state index contributed by atoms with van der Waals surface area (Å²) in [5, 5.41) is 6.72. The van der Waals surface area contributed by atoms with Crippen molar-refractivity contribution in [3.63, 3.8) is 0 Å². The highest BCUT2D eigenvalue weighted by Gasteiger charge is 2.08. The second-order valence-electron chi connectivity index (χ2n) is 6.94. The normalized spacial score (nSPS) is 10.9. The van der Waals surface area contributed by atoms with Gasteiger partial charge in [-0.05, 0) is 63.3 Å². The number of nitrogens with zero attached hydrogens (tertiary/aromatic N) is 4. The van der Waals surface area contributed by atoms with Gasteiger partial charge in [-0.1, -0.05) is 6.07 Å². The smallest absolute Gasteiger partial charge is 0.225 e. The number of aromatic nitrogens is 3. The number of pyridine rings is 1. The molecule has 6 nitrogen and oxygen atoms in total. The highest BCUT2D eigenvalue weighted by atomic mass is 15.2. The van der Waals surface area contributed by atoms with Crippen LogP contribution in [0, 0.1) is 13.8 Å². The first kappa shape index (κ1) is 18.8. The minimum Gasteiger partial charge on any atom is -0.353 e. The van der Waals surface area contributed by atoms with Crippen LogP contribution < -0.4 is 10.6 Å². The predicted octanol–water partition coefficient (Wildman–Crippen LogP) is 3.87. The molecule has 1 aromatic carbocycles. The van der Waals surface area contributed by atoms with Gasteiger partial charge in [0.1, 0.15) is 5.82 Å². The average molecular weight is 362 g/mol. The molecule has 0 spiro atoms. The van der Waals surface area contributed by atoms with Crippen molar-refractivity contribution in [2.24, 2.45) is 0 Å². The number of hydrogen-bond donors (Lipinski definition) is 2. The molecule has 0 radical (unpaired) electrons. The zero-order chi connectivity index (χ0) is 19.2. The van der Waals surface area contributed by atoms with Crippen molar-refractivity contribution in [1.29, 1.82) is 0 Å². The van der Waals surface area contributed by atoms with Crippen molar-refractivity contribution >= 4 is 17.5 Å². The summed E-state index contributed by atoms with van der Waals surface area (Å²) in [6, 6.07) is 12.2. The van der Waals surface area contributed by atoms with E-state index in [9.17, 15) is 0 Å². The van der Waals surface area contributed by atoms with E-state index in [1.165, 1.54) is 11.1 Å². The molecule has 0 bridgehead atoms. The van der Waals surface area contributed by atoms with E-state index in [0.29, 0.717) is 5.95 Å². The lowest BCUT2D eigenvalue weighted by molar-refractivity contribution is 0.425. The van der Waals surface area contributed by atoms with Crippen LogP contribution in [0.15, 0.2) is 48.8 Å². The SMILES string of the molecule is Cc1cc(C)cc(Nc2cc(-c3cccnc3)nc(NCCN(C)C)n2)c1. The lowest BCUT2D eigenvalue weighted by atomic mass is 10.1. The molecule has 0 fully saturated rings. The molecular weight excluding hydrogens is 336 g/mol. The Labute approximate surface area is 160 Å². The van der Waals surface area contributed by atoms with E-state index in [2.05, 4.69) is 62.5 Å². The van der Waals surface area contributed by atoms with Crippen LogP contribution in [0.25, 0.3) is 11.3 Å². The van der Waals surface area contributed by atoms with Gasteiger partial charge in [0, 0.05) is 42.8 Å². The summed E-state index contributed by atoms with van der Waals surface area (Å²) in [4.78, 5) is 15.6. The summed E-state index contributed by atoms with van der Waals surface area (Å²) < 4.78 is 0. The van der Waals surface area contributed by atoms with E-state index in [1.807, 2.05) is 38.5 Å². The van der Waals surface area contributed by atoms with Crippen molar-refractivity contribution < 1.29 is 0 Å². The standard InChI is InChI=1S/C21H26N6/c1-15-10-16(2)12-18(11-15)24-20-13-19(17-6-5-7-22-14-17)25-21(26-20)23-8-9-27(3)4/h5-7,10-14H,8-9H2,1-4H3,(H2,23,24,25,26). The van der Waals surface area contributed by atoms with Crippen molar-refractivity contribution in [2.75, 3.05) is 37.8 Å². The minimum atomic E-state index is 0.602. The first-order chi connectivity index (χ1) is 13.0. The molecular formula is C21H26N6. The van der Waals surface area contributed by atoms with Crippen LogP contribution in [-0.2, 0) is 0 Å². The zero-order valence-electron chi connectivity index (χ0n) is 16.3. The highest BCUT2D eigenvalue weighted by molar-refractivity contribution is 5.67. The second kappa shape index (κ2) is 8.60. The summed E-state index contributed by atoms with van der Waals surface area (Å²) in [5.74, 6) is 1.35. The molecule has 0 amide bonds. The van der Waals surface area contributed by atoms with E-state index in [0.717, 1.165) is 35.9 Å². The Hall–Kier alpha value is -2.99. The fourth-order valence-corrected chi connectivity index (χ4v) is 2.84. The molecule has 27 heavy (non-hydrogen) atoms. The third kappa shape index (κ3) is 5.49. The maximum atomic E-state index is 4.66. The number of nitrogens with one attached hydrogen (secondary N) is 2. The average Bonchev–Trinajstić information content (AvgIpc) is 2.61. The van der Waals surface area contributed by atoms with E-state index in [4.69, 9.17) is 0 Å². The Balaban J connectivity index is 1.91. The monoisotopic (exact) mass is 362 g/mol. The predicted molar refractivity (Wildman–Crippen MR) is 112 cm³/mol. The van der Waals surface area contributed by atoms with Gasteiger partial charge in [0.05, 0.1) is 5.69 Å². The van der Waals surface area contributed by atoms with Gasteiger partial charge in [-0.15, -0.1) is 0 Å². The van der Waals surface area contributed by atoms with Gasteiger partial charge in [0.25, 0.3) is 0 Å². The Morgan fingerprint density at radius 1 is 1.00 bits per heavy atom. The number of likely N-dealkylation sites (N-methyl/N-ethyl adjacent to an activating group) is 1. The molecule has 3 aromatic rings. The molecule has 0 aliphatic heterocycles. The number of rotatable bonds is 7. The fourth-order valence-electron chi connectivity index (χ4n) is 2.84. The molecule has 0 aliphatic rings. The topological polar surface area (TPSA) is 66.0 Å². The minimum absolute atomic E-state index is 0.602. The number of anilines is 3. The Kier molecular flexibility index (Phi) is 5.98. The van der Waals surface area contributed by atoms with Crippen LogP contribution >= 0.6 is 0 Å². The Morgan fingerprint density at radius 3 is 2.44 bits per heavy atom. The summed E-state index contributed by atoms with van der Waals surface area (Å²) in [6.45, 7) is 5.85. The maximum Gasteiger partial charge on any atom is 0.225 e. The van der Waals surface area contributed by atoms with Crippen molar-refractivity contribution in [3.05, 3.63) is 59.9 Å². The molecule has 2 aromatic heterocycles. The quantitative estimate of drug-likeness (QED) is 0.665. The lowest BCUT2D eigenvalue weighted by Crippen LogP contribution is -2.21. The molecule has 0 saturated heterocycles. The third-order valence-corrected chi connectivity index (χ3v) is 4.02. The molecule has 6 heteroatoms. The summed E-state index contributed by atoms with van der Waals surface area (Å²) in [6.07, 6.45) is 3.57. The van der Waals surface area contributed by atoms with Gasteiger partial charge in [-0.3, -0.25) is 4.98 Å². The Morgan fingerprint density at radius 2 is 1.78 bits per heavy atom. The van der Waals surface area contributed by atoms with E-state index in [-0.39, 0.29) is 0 Å². The maximum absolute atomic E-state index is 4.66. The van der Waals surface area contributed by atoms with Crippen LogP contribution in [0.5, 0.6) is 0 Å². The van der Waals surface area contributed by atoms with Crippen molar-refractivity contribution in [3.8, 4) is 11.3 Å². The van der Waals surface area contributed by atoms with E-state index >= 15 is 0 Å². The van der Waals surface area contributed by atoms with Gasteiger partial charge < -0.3 is 15.5 Å². The first-order valence-electron chi connectivity index (χ1n) is 9.03. The van der Waals surface area contributed by atoms with Crippen LogP contribution in [-0.4, -0.2) is 47.0 Å². The molecule has 0 unspecified atom stereocenters. The van der Waals surface area contributed by atoms with Crippen molar-refractivity contribution in [2.45, 2.75) is 13.8 Å². The molecule has 2 N–H and O–H groups in total. The van der Waals surface area contributed by atoms with Crippen molar-refractivity contribution in [1.82, 2.24) is 19.9 Å². The van der Waals surface area contributed by atoms with E-state index < -0.39 is 0 Å². The van der Waals surface area contributed by atoms with Crippen LogP contribution in [0.1, 0.15) is 11.1 Å². The number of aryl methyl sites for hydroxylation is 2. The second-order valence-corrected chi connectivity index (χ2v) is 6.94. The van der Waals surface area contributed by atoms with Gasteiger partial charge >= 0.3 is 0 Å². The molecule has 0 aliphatic carbocycles. The highest BCUT2D eigenvalue weighted by Crippen LogP contribution is 2.24. The summed E-state index contributed by atoms with van der Waals surface area (Å²) in [7, 11) is 4.09. The lowest BCUT2D eigenvalue weighted by Gasteiger charge is -2.14. The van der Waals surface area contributed by atoms with Crippen LogP contribution in [0.2, 0.25) is 0 Å². The number of hydrogen-bond acceptors (Lipinski definition) is 6. The summed E-state index contributed by atoms with van der Waals surface area (Å²) in [5.41, 5.74) is 5.23. The van der Waals surface area contributed by atoms with E-state index in [1.54, 1.807) is 6.20 Å². The molecule has 0 saturated carbocycles. The molecule has 2 heterocycles. The Bertz CT molecular complexity index is 872. The van der Waals surface area contributed by atoms with Gasteiger partial charge in [0.2, 0.25) is 5.95 Å². The van der Waals surface area contributed by atoms with Gasteiger partial charge in [0.15, 0.2) is 0 Å². The fraction of sp³-hybridized carbons (Fsp3) is 0.286. The van der Waals surface area contributed by atoms with Crippen LogP contribution in [0.3, 0.4) is 0 Å². The zero-order valence-corrected chi connectivity index (χ0v) is 16.3.